The molecule has 0 saturated heterocycles. The molecule has 5 aliphatic carbocycles. The molecule has 0 atom stereocenters. The largest absolute Gasteiger partial charge is 0.385 e. The van der Waals surface area contributed by atoms with Crippen LogP contribution < -0.4 is 5.32 Å². The molecule has 4 saturated carbocycles. The van der Waals surface area contributed by atoms with Gasteiger partial charge in [-0.05, 0) is 72.8 Å². The van der Waals surface area contributed by atoms with E-state index in [1.807, 2.05) is 24.3 Å². The molecular weight excluding hydrogens is 372 g/mol. The van der Waals surface area contributed by atoms with Crippen molar-refractivity contribution in [2.24, 2.45) is 28.3 Å². The minimum absolute atomic E-state index is 0.0276. The average molecular weight is 401 g/mol. The molecule has 0 spiro atoms. The SMILES string of the molecule is O=C(CON=C1c2ccccc2-c2ccccc21)NCC12CC3CC(CC(C3)C1)C2. The summed E-state index contributed by atoms with van der Waals surface area (Å²) in [4.78, 5) is 18.0. The Morgan fingerprint density at radius 2 is 1.37 bits per heavy atom. The van der Waals surface area contributed by atoms with Crippen molar-refractivity contribution < 1.29 is 9.63 Å². The van der Waals surface area contributed by atoms with Crippen molar-refractivity contribution >= 4 is 11.6 Å². The van der Waals surface area contributed by atoms with Gasteiger partial charge in [0.15, 0.2) is 6.61 Å². The van der Waals surface area contributed by atoms with Crippen LogP contribution in [0.15, 0.2) is 53.7 Å². The van der Waals surface area contributed by atoms with Crippen LogP contribution >= 0.6 is 0 Å². The number of hydrogen-bond acceptors (Lipinski definition) is 3. The van der Waals surface area contributed by atoms with Crippen molar-refractivity contribution in [2.75, 3.05) is 13.2 Å². The van der Waals surface area contributed by atoms with E-state index < -0.39 is 0 Å². The number of carbonyl (C=O) groups excluding carboxylic acids is 1. The van der Waals surface area contributed by atoms with E-state index in [9.17, 15) is 4.79 Å². The van der Waals surface area contributed by atoms with Gasteiger partial charge in [-0.1, -0.05) is 53.7 Å². The number of fused-ring (bicyclic) bond motifs is 3. The van der Waals surface area contributed by atoms with Crippen molar-refractivity contribution in [3.63, 3.8) is 0 Å². The summed E-state index contributed by atoms with van der Waals surface area (Å²) in [7, 11) is 0. The molecule has 2 aromatic carbocycles. The van der Waals surface area contributed by atoms with Crippen molar-refractivity contribution in [3.05, 3.63) is 59.7 Å². The first-order valence-electron chi connectivity index (χ1n) is 11.3. The Balaban J connectivity index is 1.10. The standard InChI is InChI=1S/C26H28N2O2/c29-24(27-16-26-12-17-9-18(13-26)11-19(10-17)14-26)15-30-28-25-22-7-3-1-5-20(22)21-6-2-4-8-23(21)25/h1-8,17-19H,9-16H2,(H,27,29). The number of oxime groups is 1. The zero-order chi connectivity index (χ0) is 20.1. The van der Waals surface area contributed by atoms with Gasteiger partial charge in [-0.25, -0.2) is 0 Å². The average Bonchev–Trinajstić information content (AvgIpc) is 3.06. The Kier molecular flexibility index (Phi) is 4.22. The fourth-order valence-electron chi connectivity index (χ4n) is 7.09. The molecule has 154 valence electrons. The second-order valence-corrected chi connectivity index (χ2v) is 10.00. The molecule has 1 N–H and O–H groups in total. The minimum atomic E-state index is -0.0605. The molecule has 4 nitrogen and oxygen atoms in total. The van der Waals surface area contributed by atoms with Gasteiger partial charge >= 0.3 is 0 Å². The maximum Gasteiger partial charge on any atom is 0.260 e. The summed E-state index contributed by atoms with van der Waals surface area (Å²) in [6.45, 7) is 0.779. The molecule has 7 rings (SSSR count). The zero-order valence-corrected chi connectivity index (χ0v) is 17.3. The highest BCUT2D eigenvalue weighted by molar-refractivity contribution is 6.24. The van der Waals surface area contributed by atoms with E-state index in [4.69, 9.17) is 4.84 Å². The predicted octanol–water partition coefficient (Wildman–Crippen LogP) is 4.77. The molecule has 2 aromatic rings. The van der Waals surface area contributed by atoms with Crippen LogP contribution in [-0.2, 0) is 9.63 Å². The zero-order valence-electron chi connectivity index (χ0n) is 17.3. The summed E-state index contributed by atoms with van der Waals surface area (Å²) < 4.78 is 0. The molecule has 0 radical (unpaired) electrons. The van der Waals surface area contributed by atoms with Gasteiger partial charge in [-0.3, -0.25) is 4.79 Å². The predicted molar refractivity (Wildman–Crippen MR) is 117 cm³/mol. The number of amides is 1. The van der Waals surface area contributed by atoms with Crippen LogP contribution in [0.4, 0.5) is 0 Å². The van der Waals surface area contributed by atoms with Gasteiger partial charge in [0.05, 0.1) is 0 Å². The van der Waals surface area contributed by atoms with Gasteiger partial charge in [-0.2, -0.15) is 0 Å². The molecule has 4 fully saturated rings. The van der Waals surface area contributed by atoms with E-state index in [1.165, 1.54) is 49.7 Å². The molecule has 5 aliphatic rings. The van der Waals surface area contributed by atoms with Crippen molar-refractivity contribution in [1.29, 1.82) is 0 Å². The van der Waals surface area contributed by atoms with Crippen LogP contribution in [0, 0.1) is 23.2 Å². The monoisotopic (exact) mass is 400 g/mol. The Morgan fingerprint density at radius 3 is 1.90 bits per heavy atom. The first-order valence-corrected chi connectivity index (χ1v) is 11.3. The van der Waals surface area contributed by atoms with Crippen LogP contribution in [0.2, 0.25) is 0 Å². The quantitative estimate of drug-likeness (QED) is 0.627. The summed E-state index contributed by atoms with van der Waals surface area (Å²) in [6, 6.07) is 16.4. The summed E-state index contributed by atoms with van der Waals surface area (Å²) in [6.07, 6.45) is 8.19. The van der Waals surface area contributed by atoms with Crippen LogP contribution in [0.5, 0.6) is 0 Å². The van der Waals surface area contributed by atoms with Crippen LogP contribution in [0.3, 0.4) is 0 Å². The fourth-order valence-corrected chi connectivity index (χ4v) is 7.09. The highest BCUT2D eigenvalue weighted by atomic mass is 16.6. The van der Waals surface area contributed by atoms with E-state index in [-0.39, 0.29) is 12.5 Å². The van der Waals surface area contributed by atoms with E-state index in [1.54, 1.807) is 0 Å². The maximum absolute atomic E-state index is 12.5. The Labute approximate surface area is 177 Å². The van der Waals surface area contributed by atoms with Gasteiger partial charge in [0.1, 0.15) is 5.71 Å². The minimum Gasteiger partial charge on any atom is -0.385 e. The Morgan fingerprint density at radius 1 is 0.867 bits per heavy atom. The van der Waals surface area contributed by atoms with Gasteiger partial charge in [0.25, 0.3) is 5.91 Å². The Hall–Kier alpha value is -2.62. The fraction of sp³-hybridized carbons (Fsp3) is 0.462. The topological polar surface area (TPSA) is 50.7 Å². The first kappa shape index (κ1) is 18.2. The summed E-state index contributed by atoms with van der Waals surface area (Å²) >= 11 is 0. The lowest BCUT2D eigenvalue weighted by Crippen LogP contribution is -2.51. The van der Waals surface area contributed by atoms with Crippen LogP contribution in [0.1, 0.15) is 49.7 Å². The highest BCUT2D eigenvalue weighted by Crippen LogP contribution is 2.59. The van der Waals surface area contributed by atoms with E-state index in [0.717, 1.165) is 41.1 Å². The first-order chi connectivity index (χ1) is 14.7. The van der Waals surface area contributed by atoms with E-state index >= 15 is 0 Å². The van der Waals surface area contributed by atoms with Crippen molar-refractivity contribution in [2.45, 2.75) is 38.5 Å². The third kappa shape index (κ3) is 3.05. The molecule has 4 heteroatoms. The number of carbonyl (C=O) groups is 1. The molecule has 1 amide bonds. The number of nitrogens with zero attached hydrogens (tertiary/aromatic N) is 1. The summed E-state index contributed by atoms with van der Waals surface area (Å²) in [5.74, 6) is 2.64. The van der Waals surface area contributed by atoms with E-state index in [2.05, 4.69) is 34.7 Å². The molecule has 4 bridgehead atoms. The number of hydrogen-bond donors (Lipinski definition) is 1. The molecule has 30 heavy (non-hydrogen) atoms. The van der Waals surface area contributed by atoms with Gasteiger partial charge in [-0.15, -0.1) is 0 Å². The second-order valence-electron chi connectivity index (χ2n) is 10.00. The number of nitrogens with one attached hydrogen (secondary N) is 1. The lowest BCUT2D eigenvalue weighted by molar-refractivity contribution is -0.127. The van der Waals surface area contributed by atoms with E-state index in [0.29, 0.717) is 5.41 Å². The molecule has 0 aromatic heterocycles. The van der Waals surface area contributed by atoms with Crippen molar-refractivity contribution in [3.8, 4) is 11.1 Å². The van der Waals surface area contributed by atoms with Gasteiger partial charge < -0.3 is 10.2 Å². The molecule has 0 unspecified atom stereocenters. The van der Waals surface area contributed by atoms with Crippen LogP contribution in [-0.4, -0.2) is 24.8 Å². The van der Waals surface area contributed by atoms with Gasteiger partial charge in [0.2, 0.25) is 0 Å². The highest BCUT2D eigenvalue weighted by Gasteiger charge is 2.50. The molecule has 0 heterocycles. The smallest absolute Gasteiger partial charge is 0.260 e. The number of benzene rings is 2. The lowest BCUT2D eigenvalue weighted by atomic mass is 9.49. The third-order valence-electron chi connectivity index (χ3n) is 7.83. The summed E-state index contributed by atoms with van der Waals surface area (Å²) in [5, 5.41) is 7.55. The lowest BCUT2D eigenvalue weighted by Gasteiger charge is -2.56. The molecular formula is C26H28N2O2. The van der Waals surface area contributed by atoms with Crippen molar-refractivity contribution in [1.82, 2.24) is 5.32 Å². The maximum atomic E-state index is 12.5. The van der Waals surface area contributed by atoms with Crippen LogP contribution in [0.25, 0.3) is 11.1 Å². The normalized spacial score (nSPS) is 30.0. The second kappa shape index (κ2) is 6.97. The number of rotatable bonds is 5. The third-order valence-corrected chi connectivity index (χ3v) is 7.83. The molecule has 0 aliphatic heterocycles. The van der Waals surface area contributed by atoms with Gasteiger partial charge in [0, 0.05) is 17.7 Å². The Bertz CT molecular complexity index is 942. The summed E-state index contributed by atoms with van der Waals surface area (Å²) in [5.41, 5.74) is 5.62.